The molecule has 0 radical (unpaired) electrons. The van der Waals surface area contributed by atoms with Crippen molar-refractivity contribution < 1.29 is 22.7 Å². The van der Waals surface area contributed by atoms with E-state index in [0.29, 0.717) is 37.2 Å². The summed E-state index contributed by atoms with van der Waals surface area (Å²) >= 11 is 0. The van der Waals surface area contributed by atoms with Crippen molar-refractivity contribution in [2.75, 3.05) is 18.4 Å². The van der Waals surface area contributed by atoms with Gasteiger partial charge < -0.3 is 19.7 Å². The van der Waals surface area contributed by atoms with Gasteiger partial charge in [0.15, 0.2) is 16.6 Å². The third-order valence-electron chi connectivity index (χ3n) is 6.02. The normalized spacial score (nSPS) is 17.6. The quantitative estimate of drug-likeness (QED) is 0.467. The van der Waals surface area contributed by atoms with E-state index in [1.165, 1.54) is 6.07 Å². The molecule has 36 heavy (non-hydrogen) atoms. The number of anilines is 1. The van der Waals surface area contributed by atoms with Crippen LogP contribution in [0.5, 0.6) is 5.75 Å². The molecule has 3 N–H and O–H groups in total. The number of ether oxygens (including phenoxy) is 2. The van der Waals surface area contributed by atoms with Gasteiger partial charge in [-0.1, -0.05) is 30.3 Å². The molecule has 0 aliphatic carbocycles. The Balaban J connectivity index is 1.59. The lowest BCUT2D eigenvalue weighted by Crippen LogP contribution is -2.45. The molecule has 1 amide bonds. The van der Waals surface area contributed by atoms with Crippen molar-refractivity contribution in [3.63, 3.8) is 0 Å². The number of sulfonamides is 1. The Morgan fingerprint density at radius 3 is 2.53 bits per heavy atom. The number of rotatable bonds is 9. The molecule has 3 rings (SSSR count). The molecule has 1 unspecified atom stereocenters. The minimum atomic E-state index is -3.95. The highest BCUT2D eigenvalue weighted by molar-refractivity contribution is 7.89. The van der Waals surface area contributed by atoms with Gasteiger partial charge in [-0.2, -0.15) is 0 Å². The fourth-order valence-electron chi connectivity index (χ4n) is 4.38. The number of pyridine rings is 1. The first-order valence-corrected chi connectivity index (χ1v) is 13.7. The van der Waals surface area contributed by atoms with Gasteiger partial charge in [0.05, 0.1) is 0 Å². The fraction of sp³-hybridized carbons (Fsp3) is 0.538. The lowest BCUT2D eigenvalue weighted by Gasteiger charge is -2.33. The number of hydrogen-bond donors (Lipinski definition) is 2. The zero-order valence-electron chi connectivity index (χ0n) is 21.8. The van der Waals surface area contributed by atoms with Crippen LogP contribution in [-0.4, -0.2) is 48.6 Å². The predicted octanol–water partition coefficient (Wildman–Crippen LogP) is 4.54. The third kappa shape index (κ3) is 7.83. The molecule has 0 bridgehead atoms. The average molecular weight is 519 g/mol. The van der Waals surface area contributed by atoms with E-state index in [-0.39, 0.29) is 16.7 Å². The highest BCUT2D eigenvalue weighted by Crippen LogP contribution is 2.36. The number of primary sulfonamides is 1. The lowest BCUT2D eigenvalue weighted by atomic mass is 9.93. The number of carbonyl (C=O) groups excluding carboxylic acids is 1. The van der Waals surface area contributed by atoms with E-state index in [1.54, 1.807) is 6.07 Å². The van der Waals surface area contributed by atoms with E-state index in [1.807, 2.05) is 56.0 Å². The standard InChI is InChI=1S/C26H38N4O5S/c1-25(2,3)35-24(31)30-17-20(16-26(30,4)5)12-9-15-28-23-21(13-14-22(29-23)36(27,32)33)34-18-19-10-7-6-8-11-19/h6-8,10-11,13-14,20H,9,12,15-18H2,1-5H3,(H,28,29)(H2,27,32,33). The molecule has 1 aliphatic rings. The number of benzene rings is 1. The van der Waals surface area contributed by atoms with Gasteiger partial charge in [-0.15, -0.1) is 0 Å². The summed E-state index contributed by atoms with van der Waals surface area (Å²) in [5.41, 5.74) is 0.176. The van der Waals surface area contributed by atoms with E-state index in [9.17, 15) is 13.2 Å². The average Bonchev–Trinajstić information content (AvgIpc) is 3.08. The van der Waals surface area contributed by atoms with Crippen LogP contribution in [0.25, 0.3) is 0 Å². The number of nitrogens with two attached hydrogens (primary N) is 1. The highest BCUT2D eigenvalue weighted by Gasteiger charge is 2.42. The highest BCUT2D eigenvalue weighted by atomic mass is 32.2. The van der Waals surface area contributed by atoms with Crippen LogP contribution in [0.1, 0.15) is 59.4 Å². The van der Waals surface area contributed by atoms with Crippen LogP contribution in [0.15, 0.2) is 47.5 Å². The van der Waals surface area contributed by atoms with Gasteiger partial charge in [0, 0.05) is 18.6 Å². The fourth-order valence-corrected chi connectivity index (χ4v) is 4.86. The first-order valence-electron chi connectivity index (χ1n) is 12.2. The second-order valence-electron chi connectivity index (χ2n) is 10.9. The van der Waals surface area contributed by atoms with Crippen LogP contribution in [0.4, 0.5) is 10.6 Å². The summed E-state index contributed by atoms with van der Waals surface area (Å²) in [4.78, 5) is 18.7. The molecule has 1 atom stereocenters. The number of amides is 1. The van der Waals surface area contributed by atoms with Gasteiger partial charge in [-0.3, -0.25) is 0 Å². The Bertz CT molecular complexity index is 1150. The molecular weight excluding hydrogens is 480 g/mol. The second-order valence-corrected chi connectivity index (χ2v) is 12.4. The molecule has 0 saturated carbocycles. The van der Waals surface area contributed by atoms with Crippen molar-refractivity contribution in [2.24, 2.45) is 11.1 Å². The summed E-state index contributed by atoms with van der Waals surface area (Å²) < 4.78 is 35.1. The molecular formula is C26H38N4O5S. The molecule has 1 saturated heterocycles. The number of aromatic nitrogens is 1. The summed E-state index contributed by atoms with van der Waals surface area (Å²) in [6.07, 6.45) is 2.31. The molecule has 1 aliphatic heterocycles. The molecule has 1 aromatic heterocycles. The largest absolute Gasteiger partial charge is 0.485 e. The van der Waals surface area contributed by atoms with Crippen molar-refractivity contribution in [1.29, 1.82) is 0 Å². The van der Waals surface area contributed by atoms with Gasteiger partial charge in [-0.25, -0.2) is 23.3 Å². The number of nitrogens with zero attached hydrogens (tertiary/aromatic N) is 2. The van der Waals surface area contributed by atoms with Crippen LogP contribution >= 0.6 is 0 Å². The maximum absolute atomic E-state index is 12.7. The molecule has 0 spiro atoms. The van der Waals surface area contributed by atoms with E-state index in [2.05, 4.69) is 24.1 Å². The third-order valence-corrected chi connectivity index (χ3v) is 6.83. The van der Waals surface area contributed by atoms with Crippen LogP contribution in [0.3, 0.4) is 0 Å². The van der Waals surface area contributed by atoms with Crippen molar-refractivity contribution in [1.82, 2.24) is 9.88 Å². The van der Waals surface area contributed by atoms with Gasteiger partial charge in [-0.05, 0) is 77.5 Å². The van der Waals surface area contributed by atoms with Crippen LogP contribution in [0, 0.1) is 5.92 Å². The van der Waals surface area contributed by atoms with Gasteiger partial charge in [0.2, 0.25) is 0 Å². The minimum absolute atomic E-state index is 0.220. The van der Waals surface area contributed by atoms with Crippen molar-refractivity contribution >= 4 is 21.9 Å². The van der Waals surface area contributed by atoms with Gasteiger partial charge >= 0.3 is 6.09 Å². The number of hydrogen-bond acceptors (Lipinski definition) is 7. The molecule has 10 heteroatoms. The summed E-state index contributed by atoms with van der Waals surface area (Å²) in [7, 11) is -3.95. The summed E-state index contributed by atoms with van der Waals surface area (Å²) in [6.45, 7) is 11.3. The molecule has 2 aromatic rings. The Morgan fingerprint density at radius 1 is 1.19 bits per heavy atom. The maximum Gasteiger partial charge on any atom is 0.410 e. The smallest absolute Gasteiger partial charge is 0.410 e. The summed E-state index contributed by atoms with van der Waals surface area (Å²) in [5.74, 6) is 1.12. The topological polar surface area (TPSA) is 124 Å². The zero-order chi connectivity index (χ0) is 26.6. The SMILES string of the molecule is CC(C)(C)OC(=O)N1CC(CCCNc2nc(S(N)(=O)=O)ccc2OCc2ccccc2)CC1(C)C. The van der Waals surface area contributed by atoms with E-state index >= 15 is 0 Å². The van der Waals surface area contributed by atoms with Crippen molar-refractivity contribution in [3.8, 4) is 5.75 Å². The number of likely N-dealkylation sites (tertiary alicyclic amines) is 1. The molecule has 1 fully saturated rings. The van der Waals surface area contributed by atoms with Crippen LogP contribution in [0.2, 0.25) is 0 Å². The van der Waals surface area contributed by atoms with Crippen LogP contribution < -0.4 is 15.2 Å². The zero-order valence-corrected chi connectivity index (χ0v) is 22.6. The maximum atomic E-state index is 12.7. The number of nitrogens with one attached hydrogen (secondary N) is 1. The van der Waals surface area contributed by atoms with Crippen molar-refractivity contribution in [3.05, 3.63) is 48.0 Å². The first kappa shape index (κ1) is 27.7. The Morgan fingerprint density at radius 2 is 1.89 bits per heavy atom. The predicted molar refractivity (Wildman–Crippen MR) is 139 cm³/mol. The summed E-state index contributed by atoms with van der Waals surface area (Å²) in [6, 6.07) is 12.6. The van der Waals surface area contributed by atoms with Gasteiger partial charge in [0.1, 0.15) is 12.2 Å². The Labute approximate surface area is 214 Å². The minimum Gasteiger partial charge on any atom is -0.485 e. The number of carbonyl (C=O) groups is 1. The van der Waals surface area contributed by atoms with E-state index in [4.69, 9.17) is 14.6 Å². The molecule has 1 aromatic carbocycles. The molecule has 9 nitrogen and oxygen atoms in total. The molecule has 2 heterocycles. The Hall–Kier alpha value is -2.85. The lowest BCUT2D eigenvalue weighted by molar-refractivity contribution is 0.0131. The van der Waals surface area contributed by atoms with E-state index in [0.717, 1.165) is 24.8 Å². The van der Waals surface area contributed by atoms with Crippen molar-refractivity contribution in [2.45, 2.75) is 76.7 Å². The second kappa shape index (κ2) is 11.0. The monoisotopic (exact) mass is 518 g/mol. The Kier molecular flexibility index (Phi) is 8.51. The van der Waals surface area contributed by atoms with Gasteiger partial charge in [0.25, 0.3) is 10.0 Å². The van der Waals surface area contributed by atoms with E-state index < -0.39 is 15.6 Å². The first-order chi connectivity index (χ1) is 16.7. The molecule has 198 valence electrons. The summed E-state index contributed by atoms with van der Waals surface area (Å²) in [5, 5.41) is 8.27. The van der Waals surface area contributed by atoms with Crippen LogP contribution in [-0.2, 0) is 21.4 Å².